The van der Waals surface area contributed by atoms with E-state index in [0.29, 0.717) is 23.3 Å². The van der Waals surface area contributed by atoms with Crippen LogP contribution in [0.25, 0.3) is 0 Å². The summed E-state index contributed by atoms with van der Waals surface area (Å²) in [5.41, 5.74) is 4.88. The first-order chi connectivity index (χ1) is 14.9. The van der Waals surface area contributed by atoms with Crippen LogP contribution in [-0.4, -0.2) is 43.9 Å². The lowest BCUT2D eigenvalue weighted by molar-refractivity contribution is -0.0735. The fourth-order valence-electron chi connectivity index (χ4n) is 6.93. The number of piperidine rings is 1. The Bertz CT molecular complexity index is 1010. The highest BCUT2D eigenvalue weighted by Gasteiger charge is 2.60. The molecule has 0 radical (unpaired) electrons. The van der Waals surface area contributed by atoms with Gasteiger partial charge in [-0.05, 0) is 80.1 Å². The molecular weight excluding hydrogens is 388 g/mol. The maximum atomic E-state index is 11.0. The predicted octanol–water partition coefficient (Wildman–Crippen LogP) is 5.23. The summed E-state index contributed by atoms with van der Waals surface area (Å²) < 4.78 is 10.8. The molecule has 2 bridgehead atoms. The zero-order valence-corrected chi connectivity index (χ0v) is 19.1. The Kier molecular flexibility index (Phi) is 4.85. The van der Waals surface area contributed by atoms with Crippen molar-refractivity contribution in [2.24, 2.45) is 5.41 Å². The maximum Gasteiger partial charge on any atom is 0.162 e. The van der Waals surface area contributed by atoms with Gasteiger partial charge in [0.25, 0.3) is 0 Å². The third-order valence-electron chi connectivity index (χ3n) is 8.61. The van der Waals surface area contributed by atoms with Crippen LogP contribution in [0.5, 0.6) is 17.2 Å². The molecule has 2 fully saturated rings. The number of aromatic hydroxyl groups is 1. The molecule has 166 valence electrons. The van der Waals surface area contributed by atoms with Crippen molar-refractivity contribution in [3.05, 3.63) is 41.5 Å². The van der Waals surface area contributed by atoms with Gasteiger partial charge in [-0.15, -0.1) is 0 Å². The van der Waals surface area contributed by atoms with Crippen LogP contribution in [0, 0.1) is 5.41 Å². The number of rotatable bonds is 4. The number of likely N-dealkylation sites (N-methyl/N-ethyl adjacent to an activating group) is 1. The zero-order valence-electron chi connectivity index (χ0n) is 19.1. The average molecular weight is 423 g/mol. The van der Waals surface area contributed by atoms with Crippen molar-refractivity contribution in [1.82, 2.24) is 4.90 Å². The topological polar surface area (TPSA) is 54.0 Å². The molecule has 1 aliphatic heterocycles. The van der Waals surface area contributed by atoms with Gasteiger partial charge in [-0.3, -0.25) is 0 Å². The van der Waals surface area contributed by atoms with Crippen LogP contribution in [0.4, 0.5) is 11.4 Å². The summed E-state index contributed by atoms with van der Waals surface area (Å²) in [5.74, 6) is 1.68. The number of phenols is 1. The summed E-state index contributed by atoms with van der Waals surface area (Å²) in [5, 5.41) is 14.5. The van der Waals surface area contributed by atoms with Crippen LogP contribution in [0.2, 0.25) is 0 Å². The third-order valence-corrected chi connectivity index (χ3v) is 8.61. The molecule has 0 spiro atoms. The Morgan fingerprint density at radius 1 is 1.03 bits per heavy atom. The molecule has 1 saturated heterocycles. The number of nitrogens with one attached hydrogen (secondary N) is 1. The highest BCUT2D eigenvalue weighted by molar-refractivity contribution is 5.70. The van der Waals surface area contributed by atoms with E-state index in [2.05, 4.69) is 36.3 Å². The van der Waals surface area contributed by atoms with Gasteiger partial charge < -0.3 is 24.8 Å². The van der Waals surface area contributed by atoms with Gasteiger partial charge in [-0.2, -0.15) is 0 Å². The van der Waals surface area contributed by atoms with Crippen molar-refractivity contribution in [3.8, 4) is 17.2 Å². The average Bonchev–Trinajstić information content (AvgIpc) is 2.77. The van der Waals surface area contributed by atoms with E-state index in [0.717, 1.165) is 24.3 Å². The van der Waals surface area contributed by atoms with Crippen molar-refractivity contribution in [3.63, 3.8) is 0 Å². The number of benzene rings is 2. The van der Waals surface area contributed by atoms with Gasteiger partial charge in [0.1, 0.15) is 5.75 Å². The highest BCUT2D eigenvalue weighted by atomic mass is 16.5. The number of ether oxygens (including phenoxy) is 2. The molecule has 0 unspecified atom stereocenters. The summed E-state index contributed by atoms with van der Waals surface area (Å²) in [6.07, 6.45) is 7.37. The van der Waals surface area contributed by atoms with Crippen LogP contribution in [0.3, 0.4) is 0 Å². The number of anilines is 2. The summed E-state index contributed by atoms with van der Waals surface area (Å²) in [4.78, 5) is 2.58. The van der Waals surface area contributed by atoms with Crippen LogP contribution in [-0.2, 0) is 11.8 Å². The lowest BCUT2D eigenvalue weighted by atomic mass is 9.45. The summed E-state index contributed by atoms with van der Waals surface area (Å²) in [6.45, 7) is 3.66. The fraction of sp³-hybridized carbons (Fsp3) is 0.538. The molecule has 0 aromatic heterocycles. The minimum absolute atomic E-state index is 0.190. The zero-order chi connectivity index (χ0) is 21.8. The van der Waals surface area contributed by atoms with E-state index in [1.807, 2.05) is 18.2 Å². The Morgan fingerprint density at radius 2 is 1.81 bits per heavy atom. The first kappa shape index (κ1) is 20.5. The quantitative estimate of drug-likeness (QED) is 0.661. The van der Waals surface area contributed by atoms with Gasteiger partial charge in [-0.1, -0.05) is 19.8 Å². The molecule has 2 aliphatic carbocycles. The second kappa shape index (κ2) is 7.33. The van der Waals surface area contributed by atoms with Crippen molar-refractivity contribution in [2.75, 3.05) is 33.1 Å². The molecule has 3 aliphatic rings. The molecule has 5 rings (SSSR count). The molecule has 0 amide bonds. The maximum absolute atomic E-state index is 11.0. The first-order valence-corrected chi connectivity index (χ1v) is 11.5. The standard InChI is InChI=1S/C26H34N2O3/c1-25-9-5-6-10-26(25)11-12-28(2)24(25)14-17-13-20(21(29)16-19(17)26)27-18-7-8-22(30-3)23(15-18)31-4/h7-8,13,15-16,24,27,29H,5-6,9-12,14H2,1-4H3/t24-,25+,26+/m0/s1. The number of hydrogen-bond acceptors (Lipinski definition) is 5. The number of nitrogens with zero attached hydrogens (tertiary/aromatic N) is 1. The smallest absolute Gasteiger partial charge is 0.162 e. The second-order valence-electron chi connectivity index (χ2n) is 9.88. The fourth-order valence-corrected chi connectivity index (χ4v) is 6.93. The molecule has 2 aromatic rings. The third kappa shape index (κ3) is 2.93. The Labute approximate surface area is 185 Å². The van der Waals surface area contributed by atoms with Crippen LogP contribution < -0.4 is 14.8 Å². The molecule has 31 heavy (non-hydrogen) atoms. The summed E-state index contributed by atoms with van der Waals surface area (Å²) in [6, 6.07) is 10.5. The van der Waals surface area contributed by atoms with E-state index in [4.69, 9.17) is 9.47 Å². The second-order valence-corrected chi connectivity index (χ2v) is 9.88. The lowest BCUT2D eigenvalue weighted by Gasteiger charge is -2.65. The number of hydrogen-bond donors (Lipinski definition) is 2. The number of phenolic OH excluding ortho intramolecular Hbond substituents is 1. The SMILES string of the molecule is COc1ccc(Nc2cc3c(cc2O)[C@]24CCCC[C@]2(C)[C@H](C3)N(C)CC4)cc1OC. The molecule has 1 saturated carbocycles. The van der Waals surface area contributed by atoms with E-state index in [-0.39, 0.29) is 10.8 Å². The van der Waals surface area contributed by atoms with Crippen molar-refractivity contribution in [1.29, 1.82) is 0 Å². The Balaban J connectivity index is 1.55. The van der Waals surface area contributed by atoms with E-state index >= 15 is 0 Å². The molecule has 5 nitrogen and oxygen atoms in total. The Hall–Kier alpha value is -2.40. The minimum atomic E-state index is 0.190. The van der Waals surface area contributed by atoms with Gasteiger partial charge in [0.2, 0.25) is 0 Å². The molecule has 2 N–H and O–H groups in total. The van der Waals surface area contributed by atoms with Crippen molar-refractivity contribution in [2.45, 2.75) is 56.9 Å². The van der Waals surface area contributed by atoms with Crippen LogP contribution in [0.1, 0.15) is 50.2 Å². The van der Waals surface area contributed by atoms with E-state index in [1.54, 1.807) is 14.2 Å². The Morgan fingerprint density at radius 3 is 2.58 bits per heavy atom. The largest absolute Gasteiger partial charge is 0.506 e. The van der Waals surface area contributed by atoms with Gasteiger partial charge in [0.15, 0.2) is 11.5 Å². The molecule has 2 aromatic carbocycles. The lowest BCUT2D eigenvalue weighted by Crippen LogP contribution is -2.66. The summed E-state index contributed by atoms with van der Waals surface area (Å²) in [7, 11) is 5.56. The molecule has 1 heterocycles. The van der Waals surface area contributed by atoms with Crippen molar-refractivity contribution >= 4 is 11.4 Å². The molecular formula is C26H34N2O3. The molecule has 3 atom stereocenters. The van der Waals surface area contributed by atoms with Gasteiger partial charge in [0, 0.05) is 23.2 Å². The van der Waals surface area contributed by atoms with Gasteiger partial charge in [0.05, 0.1) is 19.9 Å². The van der Waals surface area contributed by atoms with Crippen LogP contribution >= 0.6 is 0 Å². The summed E-state index contributed by atoms with van der Waals surface area (Å²) >= 11 is 0. The number of fused-ring (bicyclic) bond motifs is 1. The highest BCUT2D eigenvalue weighted by Crippen LogP contribution is 2.63. The number of methoxy groups -OCH3 is 2. The van der Waals surface area contributed by atoms with Gasteiger partial charge in [-0.25, -0.2) is 0 Å². The van der Waals surface area contributed by atoms with Crippen LogP contribution in [0.15, 0.2) is 30.3 Å². The predicted molar refractivity (Wildman–Crippen MR) is 124 cm³/mol. The first-order valence-electron chi connectivity index (χ1n) is 11.5. The van der Waals surface area contributed by atoms with E-state index in [9.17, 15) is 5.11 Å². The van der Waals surface area contributed by atoms with E-state index < -0.39 is 0 Å². The molecule has 5 heteroatoms. The monoisotopic (exact) mass is 422 g/mol. The number of likely N-dealkylation sites (tertiary alicyclic amines) is 1. The van der Waals surface area contributed by atoms with E-state index in [1.165, 1.54) is 43.2 Å². The minimum Gasteiger partial charge on any atom is -0.506 e. The van der Waals surface area contributed by atoms with Crippen molar-refractivity contribution < 1.29 is 14.6 Å². The van der Waals surface area contributed by atoms with Gasteiger partial charge >= 0.3 is 0 Å². The normalized spacial score (nSPS) is 29.6.